The highest BCUT2D eigenvalue weighted by molar-refractivity contribution is 4.35. The van der Waals surface area contributed by atoms with Crippen LogP contribution < -0.4 is 4.84 Å². The molecule has 10 heavy (non-hydrogen) atoms. The Kier molecular flexibility index (Phi) is 2.62. The summed E-state index contributed by atoms with van der Waals surface area (Å²) in [5, 5.41) is 10.2. The van der Waals surface area contributed by atoms with Crippen LogP contribution in [0.15, 0.2) is 6.33 Å². The summed E-state index contributed by atoms with van der Waals surface area (Å²) in [5.74, 6) is 0. The summed E-state index contributed by atoms with van der Waals surface area (Å²) < 4.78 is 4.73. The number of rotatable bonds is 4. The molecule has 56 valence electrons. The number of nitrogens with zero attached hydrogens (tertiary/aromatic N) is 4. The Bertz CT molecular complexity index is 164. The number of hydrogen-bond donors (Lipinski definition) is 0. The van der Waals surface area contributed by atoms with E-state index < -0.39 is 0 Å². The van der Waals surface area contributed by atoms with Gasteiger partial charge in [0.25, 0.3) is 0 Å². The maximum absolute atomic E-state index is 4.94. The van der Waals surface area contributed by atoms with Gasteiger partial charge in [0.05, 0.1) is 6.61 Å². The van der Waals surface area contributed by atoms with Crippen LogP contribution in [0.25, 0.3) is 0 Å². The first kappa shape index (κ1) is 6.94. The van der Waals surface area contributed by atoms with Gasteiger partial charge in [0.15, 0.2) is 6.33 Å². The first-order valence-corrected chi connectivity index (χ1v) is 2.78. The molecule has 0 saturated carbocycles. The molecule has 1 heterocycles. The molecule has 0 unspecified atom stereocenters. The molecule has 0 aliphatic rings. The third-order valence-electron chi connectivity index (χ3n) is 0.841. The topological polar surface area (TPSA) is 62.1 Å². The zero-order valence-corrected chi connectivity index (χ0v) is 5.60. The lowest BCUT2D eigenvalue weighted by Crippen LogP contribution is -2.16. The van der Waals surface area contributed by atoms with E-state index in [1.165, 1.54) is 11.2 Å². The van der Waals surface area contributed by atoms with Gasteiger partial charge in [-0.05, 0) is 10.4 Å². The van der Waals surface area contributed by atoms with Crippen molar-refractivity contribution >= 4 is 0 Å². The van der Waals surface area contributed by atoms with Crippen LogP contribution >= 0.6 is 0 Å². The monoisotopic (exact) mass is 144 g/mol. The smallest absolute Gasteiger partial charge is 0.179 e. The van der Waals surface area contributed by atoms with Gasteiger partial charge in [-0.15, -0.1) is 5.10 Å². The largest absolute Gasteiger partial charge is 0.392 e. The minimum atomic E-state index is 0.446. The molecule has 1 aromatic rings. The lowest BCUT2D eigenvalue weighted by molar-refractivity contribution is 0.0369. The molecule has 6 nitrogen and oxygen atoms in total. The van der Waals surface area contributed by atoms with Crippen LogP contribution in [0, 0.1) is 0 Å². The number of aromatic nitrogens is 4. The highest BCUT2D eigenvalue weighted by Gasteiger charge is 1.89. The third-order valence-corrected chi connectivity index (χ3v) is 0.841. The lowest BCUT2D eigenvalue weighted by Gasteiger charge is -1.99. The molecule has 0 saturated heterocycles. The van der Waals surface area contributed by atoms with Crippen molar-refractivity contribution in [2.45, 2.75) is 0 Å². The minimum Gasteiger partial charge on any atom is -0.392 e. The van der Waals surface area contributed by atoms with E-state index >= 15 is 0 Å². The van der Waals surface area contributed by atoms with Crippen molar-refractivity contribution in [1.82, 2.24) is 20.4 Å². The van der Waals surface area contributed by atoms with Crippen molar-refractivity contribution in [3.8, 4) is 0 Å². The number of methoxy groups -OCH3 is 1. The SMILES string of the molecule is COCCOn1cnnn1. The van der Waals surface area contributed by atoms with Crippen molar-refractivity contribution in [3.63, 3.8) is 0 Å². The van der Waals surface area contributed by atoms with E-state index in [1.54, 1.807) is 7.11 Å². The Morgan fingerprint density at radius 3 is 3.00 bits per heavy atom. The maximum Gasteiger partial charge on any atom is 0.179 e. The molecule has 0 spiro atoms. The molecule has 0 aliphatic heterocycles. The molecule has 6 heteroatoms. The van der Waals surface area contributed by atoms with Crippen molar-refractivity contribution in [2.24, 2.45) is 0 Å². The van der Waals surface area contributed by atoms with Crippen LogP contribution in [0.2, 0.25) is 0 Å². The van der Waals surface area contributed by atoms with Gasteiger partial charge in [0.2, 0.25) is 0 Å². The van der Waals surface area contributed by atoms with E-state index in [0.29, 0.717) is 13.2 Å². The van der Waals surface area contributed by atoms with Gasteiger partial charge < -0.3 is 9.57 Å². The summed E-state index contributed by atoms with van der Waals surface area (Å²) in [6.45, 7) is 0.974. The van der Waals surface area contributed by atoms with Gasteiger partial charge in [-0.1, -0.05) is 4.85 Å². The molecule has 0 amide bonds. The van der Waals surface area contributed by atoms with Crippen LogP contribution in [-0.4, -0.2) is 40.7 Å². The van der Waals surface area contributed by atoms with E-state index in [2.05, 4.69) is 15.5 Å². The highest BCUT2D eigenvalue weighted by Crippen LogP contribution is 1.70. The Morgan fingerprint density at radius 1 is 1.50 bits per heavy atom. The Balaban J connectivity index is 2.15. The normalized spacial score (nSPS) is 9.70. The molecule has 0 fully saturated rings. The lowest BCUT2D eigenvalue weighted by atomic mass is 10.8. The molecule has 1 rings (SSSR count). The van der Waals surface area contributed by atoms with E-state index in [-0.39, 0.29) is 0 Å². The van der Waals surface area contributed by atoms with Crippen LogP contribution in [-0.2, 0) is 4.74 Å². The molecule has 0 aliphatic carbocycles. The predicted molar refractivity (Wildman–Crippen MR) is 31.1 cm³/mol. The summed E-state index contributed by atoms with van der Waals surface area (Å²) in [7, 11) is 1.60. The molecule has 0 bridgehead atoms. The van der Waals surface area contributed by atoms with E-state index in [0.717, 1.165) is 0 Å². The second kappa shape index (κ2) is 3.78. The number of hydrogen-bond acceptors (Lipinski definition) is 5. The molecular weight excluding hydrogens is 136 g/mol. The van der Waals surface area contributed by atoms with Gasteiger partial charge >= 0.3 is 0 Å². The van der Waals surface area contributed by atoms with Gasteiger partial charge in [-0.25, -0.2) is 0 Å². The molecule has 1 aromatic heterocycles. The molecule has 0 aromatic carbocycles. The van der Waals surface area contributed by atoms with Gasteiger partial charge in [-0.3, -0.25) is 0 Å². The summed E-state index contributed by atoms with van der Waals surface area (Å²) in [6.07, 6.45) is 1.37. The van der Waals surface area contributed by atoms with Gasteiger partial charge in [0.1, 0.15) is 6.61 Å². The molecule has 0 radical (unpaired) electrons. The Morgan fingerprint density at radius 2 is 2.40 bits per heavy atom. The van der Waals surface area contributed by atoms with Crippen molar-refractivity contribution < 1.29 is 9.57 Å². The van der Waals surface area contributed by atoms with E-state index in [1.807, 2.05) is 0 Å². The van der Waals surface area contributed by atoms with E-state index in [4.69, 9.17) is 9.57 Å². The van der Waals surface area contributed by atoms with Crippen LogP contribution in [0.1, 0.15) is 0 Å². The second-order valence-corrected chi connectivity index (χ2v) is 1.54. The minimum absolute atomic E-state index is 0.446. The molecule has 0 atom stereocenters. The van der Waals surface area contributed by atoms with E-state index in [9.17, 15) is 0 Å². The van der Waals surface area contributed by atoms with Crippen molar-refractivity contribution in [3.05, 3.63) is 6.33 Å². The fourth-order valence-corrected chi connectivity index (χ4v) is 0.426. The standard InChI is InChI=1S/C4H8N4O2/c1-9-2-3-10-8-4-5-6-7-8/h4H,2-3H2,1H3. The van der Waals surface area contributed by atoms with Crippen LogP contribution in [0.4, 0.5) is 0 Å². The molecular formula is C4H8N4O2. The predicted octanol–water partition coefficient (Wildman–Crippen LogP) is -1.25. The zero-order chi connectivity index (χ0) is 7.23. The molecule has 0 N–H and O–H groups in total. The summed E-state index contributed by atoms with van der Waals surface area (Å²) in [5.41, 5.74) is 0. The summed E-state index contributed by atoms with van der Waals surface area (Å²) in [4.78, 5) is 6.12. The van der Waals surface area contributed by atoms with Gasteiger partial charge in [-0.2, -0.15) is 0 Å². The van der Waals surface area contributed by atoms with Crippen molar-refractivity contribution in [1.29, 1.82) is 0 Å². The van der Waals surface area contributed by atoms with Crippen LogP contribution in [0.3, 0.4) is 0 Å². The summed E-state index contributed by atoms with van der Waals surface area (Å²) in [6, 6.07) is 0. The average molecular weight is 144 g/mol. The van der Waals surface area contributed by atoms with Gasteiger partial charge in [0, 0.05) is 7.11 Å². The number of tetrazole rings is 1. The Labute approximate surface area is 57.7 Å². The van der Waals surface area contributed by atoms with Crippen LogP contribution in [0.5, 0.6) is 0 Å². The third kappa shape index (κ3) is 1.98. The second-order valence-electron chi connectivity index (χ2n) is 1.54. The van der Waals surface area contributed by atoms with Crippen molar-refractivity contribution in [2.75, 3.05) is 20.3 Å². The quantitative estimate of drug-likeness (QED) is 0.494. The highest BCUT2D eigenvalue weighted by atomic mass is 16.7. The zero-order valence-electron chi connectivity index (χ0n) is 5.60. The number of ether oxygens (including phenoxy) is 1. The summed E-state index contributed by atoms with van der Waals surface area (Å²) >= 11 is 0. The maximum atomic E-state index is 4.94. The average Bonchev–Trinajstić information content (AvgIpc) is 2.41. The fraction of sp³-hybridized carbons (Fsp3) is 0.750. The first-order chi connectivity index (χ1) is 4.93. The fourth-order valence-electron chi connectivity index (χ4n) is 0.426. The Hall–Kier alpha value is -1.17. The first-order valence-electron chi connectivity index (χ1n) is 2.78.